The number of thioether (sulfide) groups is 2. The molecule has 0 saturated heterocycles. The van der Waals surface area contributed by atoms with Gasteiger partial charge in [0.2, 0.25) is 0 Å². The lowest BCUT2D eigenvalue weighted by molar-refractivity contribution is -0.137. The van der Waals surface area contributed by atoms with Crippen molar-refractivity contribution in [2.45, 2.75) is 48.8 Å². The molecule has 0 fully saturated rings. The maximum atomic E-state index is 10.8. The minimum atomic E-state index is -0.933. The third-order valence-electron chi connectivity index (χ3n) is 3.84. The van der Waals surface area contributed by atoms with E-state index in [-0.39, 0.29) is 6.42 Å². The maximum Gasteiger partial charge on any atom is 0.303 e. The predicted molar refractivity (Wildman–Crippen MR) is 115 cm³/mol. The average molecular weight is 391 g/mol. The number of hydrogen-bond acceptors (Lipinski definition) is 3. The fourth-order valence-electron chi connectivity index (χ4n) is 2.44. The molecule has 140 valence electrons. The van der Waals surface area contributed by atoms with Crippen LogP contribution in [0, 0.1) is 0 Å². The van der Waals surface area contributed by atoms with E-state index in [2.05, 4.69) is 12.1 Å². The van der Waals surface area contributed by atoms with E-state index in [9.17, 15) is 4.79 Å². The Morgan fingerprint density at radius 2 is 1.62 bits per heavy atom. The molecule has 2 rings (SSSR count). The lowest BCUT2D eigenvalue weighted by atomic mass is 10.1. The standard InChI is InChI=1S/C22H28O2S2/c23-22(24)14-8-7-13-21(26-18-20-11-5-2-6-12-20)15-16-25-17-19-9-3-1-4-10-19/h1-6,9-12,21H,7-8,13-18H2,(H,23,24)/i13D,21D. The number of benzene rings is 2. The summed E-state index contributed by atoms with van der Waals surface area (Å²) in [5.41, 5.74) is 2.42. The molecule has 2 aromatic rings. The van der Waals surface area contributed by atoms with E-state index < -0.39 is 17.6 Å². The molecule has 0 saturated carbocycles. The molecule has 0 spiro atoms. The lowest BCUT2D eigenvalue weighted by Crippen LogP contribution is -2.06. The van der Waals surface area contributed by atoms with E-state index in [0.717, 1.165) is 17.1 Å². The molecule has 0 aliphatic rings. The zero-order chi connectivity index (χ0) is 20.2. The number of rotatable bonds is 13. The number of hydrogen-bond donors (Lipinski definition) is 1. The Hall–Kier alpha value is -1.39. The summed E-state index contributed by atoms with van der Waals surface area (Å²) in [4.78, 5) is 10.8. The second-order valence-corrected chi connectivity index (χ2v) is 8.23. The zero-order valence-corrected chi connectivity index (χ0v) is 16.6. The van der Waals surface area contributed by atoms with Crippen molar-refractivity contribution in [1.29, 1.82) is 0 Å². The molecule has 0 radical (unpaired) electrons. The number of carboxylic acid groups (broad SMARTS) is 1. The fourth-order valence-corrected chi connectivity index (χ4v) is 4.53. The molecule has 4 heteroatoms. The van der Waals surface area contributed by atoms with Crippen molar-refractivity contribution in [2.24, 2.45) is 0 Å². The van der Waals surface area contributed by atoms with Crippen LogP contribution in [0.5, 0.6) is 0 Å². The number of carboxylic acids is 1. The summed E-state index contributed by atoms with van der Waals surface area (Å²) < 4.78 is 17.5. The topological polar surface area (TPSA) is 37.3 Å². The summed E-state index contributed by atoms with van der Waals surface area (Å²) >= 11 is 3.30. The minimum Gasteiger partial charge on any atom is -0.481 e. The first-order valence-electron chi connectivity index (χ1n) is 10.0. The maximum absolute atomic E-state index is 10.8. The van der Waals surface area contributed by atoms with E-state index in [1.54, 1.807) is 11.8 Å². The predicted octanol–water partition coefficient (Wildman–Crippen LogP) is 6.26. The normalized spacial score (nSPS) is 15.5. The molecule has 0 bridgehead atoms. The van der Waals surface area contributed by atoms with Crippen LogP contribution in [0.25, 0.3) is 0 Å². The Morgan fingerprint density at radius 3 is 2.23 bits per heavy atom. The Balaban J connectivity index is 1.90. The van der Waals surface area contributed by atoms with Gasteiger partial charge >= 0.3 is 5.97 Å². The highest BCUT2D eigenvalue weighted by Crippen LogP contribution is 2.27. The summed E-state index contributed by atoms with van der Waals surface area (Å²) in [6.07, 6.45) is 0.979. The summed E-state index contributed by atoms with van der Waals surface area (Å²) in [6.45, 7) is 0. The summed E-state index contributed by atoms with van der Waals surface area (Å²) in [5, 5.41) is 7.91. The zero-order valence-electron chi connectivity index (χ0n) is 17.0. The Morgan fingerprint density at radius 1 is 1.00 bits per heavy atom. The second kappa shape index (κ2) is 12.9. The van der Waals surface area contributed by atoms with Crippen molar-refractivity contribution in [1.82, 2.24) is 0 Å². The van der Waals surface area contributed by atoms with Gasteiger partial charge in [-0.2, -0.15) is 23.5 Å². The second-order valence-electron chi connectivity index (χ2n) is 6.02. The van der Waals surface area contributed by atoms with Crippen molar-refractivity contribution in [3.05, 3.63) is 71.8 Å². The van der Waals surface area contributed by atoms with Gasteiger partial charge in [0.25, 0.3) is 0 Å². The Kier molecular flexibility index (Phi) is 8.92. The van der Waals surface area contributed by atoms with Gasteiger partial charge in [-0.3, -0.25) is 4.79 Å². The van der Waals surface area contributed by atoms with Crippen LogP contribution in [-0.2, 0) is 16.3 Å². The smallest absolute Gasteiger partial charge is 0.303 e. The molecule has 1 N–H and O–H groups in total. The van der Waals surface area contributed by atoms with E-state index in [1.165, 1.54) is 17.3 Å². The van der Waals surface area contributed by atoms with Crippen molar-refractivity contribution < 1.29 is 12.6 Å². The Bertz CT molecular complexity index is 700. The van der Waals surface area contributed by atoms with Crippen LogP contribution in [0.1, 0.15) is 45.9 Å². The van der Waals surface area contributed by atoms with E-state index >= 15 is 0 Å². The van der Waals surface area contributed by atoms with Gasteiger partial charge in [-0.25, -0.2) is 0 Å². The van der Waals surface area contributed by atoms with Gasteiger partial charge in [-0.1, -0.05) is 67.1 Å². The molecule has 0 aliphatic carbocycles. The third kappa shape index (κ3) is 9.35. The highest BCUT2D eigenvalue weighted by atomic mass is 32.2. The van der Waals surface area contributed by atoms with Crippen molar-refractivity contribution >= 4 is 29.5 Å². The molecule has 2 unspecified atom stereocenters. The van der Waals surface area contributed by atoms with Gasteiger partial charge in [0.1, 0.15) is 0 Å². The van der Waals surface area contributed by atoms with E-state index in [4.69, 9.17) is 7.85 Å². The first kappa shape index (κ1) is 18.0. The lowest BCUT2D eigenvalue weighted by Gasteiger charge is -2.16. The molecule has 2 atom stereocenters. The van der Waals surface area contributed by atoms with Crippen LogP contribution in [0.2, 0.25) is 0 Å². The quantitative estimate of drug-likeness (QED) is 0.410. The van der Waals surface area contributed by atoms with Gasteiger partial charge in [0, 0.05) is 25.9 Å². The van der Waals surface area contributed by atoms with Crippen LogP contribution < -0.4 is 0 Å². The van der Waals surface area contributed by atoms with Gasteiger partial charge in [-0.15, -0.1) is 0 Å². The van der Waals surface area contributed by atoms with Crippen molar-refractivity contribution in [3.63, 3.8) is 0 Å². The first-order chi connectivity index (χ1) is 13.5. The molecule has 0 aliphatic heterocycles. The molecule has 0 amide bonds. The van der Waals surface area contributed by atoms with Gasteiger partial charge in [-0.05, 0) is 36.1 Å². The van der Waals surface area contributed by atoms with Gasteiger partial charge in [0.15, 0.2) is 0 Å². The first-order valence-corrected chi connectivity index (χ1v) is 11.1. The monoisotopic (exact) mass is 390 g/mol. The molecule has 0 heterocycles. The molecule has 2 nitrogen and oxygen atoms in total. The van der Waals surface area contributed by atoms with E-state index in [1.807, 2.05) is 48.5 Å². The van der Waals surface area contributed by atoms with Crippen molar-refractivity contribution in [3.8, 4) is 0 Å². The third-order valence-corrected chi connectivity index (χ3v) is 6.09. The highest BCUT2D eigenvalue weighted by Gasteiger charge is 2.10. The number of aliphatic carboxylic acids is 1. The summed E-state index contributed by atoms with van der Waals surface area (Å²) in [7, 11) is 0. The van der Waals surface area contributed by atoms with Crippen LogP contribution in [0.3, 0.4) is 0 Å². The Labute approximate surface area is 168 Å². The average Bonchev–Trinajstić information content (AvgIpc) is 2.71. The summed E-state index contributed by atoms with van der Waals surface area (Å²) in [5.74, 6) is 1.58. The van der Waals surface area contributed by atoms with E-state index in [0.29, 0.717) is 25.0 Å². The highest BCUT2D eigenvalue weighted by molar-refractivity contribution is 7.99. The van der Waals surface area contributed by atoms with Crippen LogP contribution in [0.15, 0.2) is 60.7 Å². The van der Waals surface area contributed by atoms with Crippen LogP contribution in [-0.4, -0.2) is 22.1 Å². The largest absolute Gasteiger partial charge is 0.481 e. The SMILES string of the molecule is [2H]C(CCCC(=O)O)C([2H])(CCSCc1ccccc1)SCc1ccccc1. The molecule has 0 aromatic heterocycles. The van der Waals surface area contributed by atoms with Crippen molar-refractivity contribution in [2.75, 3.05) is 5.75 Å². The van der Waals surface area contributed by atoms with Gasteiger partial charge < -0.3 is 5.11 Å². The molecular formula is C22H28O2S2. The van der Waals surface area contributed by atoms with Gasteiger partial charge in [0.05, 0.1) is 0 Å². The number of carbonyl (C=O) groups is 1. The summed E-state index contributed by atoms with van der Waals surface area (Å²) in [6, 6.07) is 20.3. The minimum absolute atomic E-state index is 0.0670. The fraction of sp³-hybridized carbons (Fsp3) is 0.409. The van der Waals surface area contributed by atoms with Crippen LogP contribution >= 0.6 is 23.5 Å². The molecule has 26 heavy (non-hydrogen) atoms. The van der Waals surface area contributed by atoms with Crippen LogP contribution in [0.4, 0.5) is 0 Å². The molecular weight excluding hydrogens is 360 g/mol. The molecule has 2 aromatic carbocycles.